The van der Waals surface area contributed by atoms with Crippen LogP contribution < -0.4 is 10.8 Å². The molecule has 0 saturated carbocycles. The van der Waals surface area contributed by atoms with Gasteiger partial charge in [-0.1, -0.05) is 54.1 Å². The van der Waals surface area contributed by atoms with Crippen LogP contribution in [0.4, 0.5) is 5.69 Å². The number of halogens is 1. The molecule has 5 rings (SSSR count). The van der Waals surface area contributed by atoms with Gasteiger partial charge in [-0.15, -0.1) is 0 Å². The highest BCUT2D eigenvalue weighted by Crippen LogP contribution is 2.38. The SMILES string of the molecule is O=C(O)CCC(=O)N1N=C(c2c(-c3ccccc3)c3cc(Cl)ccc3[nH]c2=O)C[C@H]1c1cccc(N([O-])O)c1. The summed E-state index contributed by atoms with van der Waals surface area (Å²) in [4.78, 5) is 40.7. The molecule has 11 heteroatoms. The molecule has 3 aromatic carbocycles. The predicted molar refractivity (Wildman–Crippen MR) is 147 cm³/mol. The minimum atomic E-state index is -1.14. The first-order chi connectivity index (χ1) is 18.7. The summed E-state index contributed by atoms with van der Waals surface area (Å²) in [5.74, 6) is -1.70. The van der Waals surface area contributed by atoms with Gasteiger partial charge >= 0.3 is 5.97 Å². The maximum atomic E-state index is 13.5. The number of aromatic amines is 1. The number of H-pyrrole nitrogens is 1. The van der Waals surface area contributed by atoms with Crippen LogP contribution in [0.3, 0.4) is 0 Å². The second-order valence-corrected chi connectivity index (χ2v) is 9.46. The standard InChI is InChI=1S/C28H22ClN4O6/c29-18-9-10-21-20(14-18)26(16-5-2-1-3-6-16)27(28(37)30-21)22-15-23(17-7-4-8-19(13-17)33(38)39)32(31-22)24(34)11-12-25(35)36/h1-10,13-14,23,38H,11-12,15H2,(H,30,37)(H,35,36)/q-1/t23-/m0/s1. The summed E-state index contributed by atoms with van der Waals surface area (Å²) >= 11 is 6.33. The van der Waals surface area contributed by atoms with Gasteiger partial charge < -0.3 is 20.5 Å². The van der Waals surface area contributed by atoms with Gasteiger partial charge in [-0.05, 0) is 41.5 Å². The Bertz CT molecular complexity index is 1670. The van der Waals surface area contributed by atoms with Crippen LogP contribution >= 0.6 is 11.6 Å². The van der Waals surface area contributed by atoms with Crippen LogP contribution in [0.5, 0.6) is 0 Å². The number of carbonyl (C=O) groups is 2. The van der Waals surface area contributed by atoms with Crippen LogP contribution in [0.2, 0.25) is 5.02 Å². The first-order valence-electron chi connectivity index (χ1n) is 12.0. The number of hydrogen-bond acceptors (Lipinski definition) is 7. The molecule has 39 heavy (non-hydrogen) atoms. The number of pyridine rings is 1. The molecule has 1 aliphatic heterocycles. The Labute approximate surface area is 226 Å². The summed E-state index contributed by atoms with van der Waals surface area (Å²) in [6.45, 7) is 0. The van der Waals surface area contributed by atoms with Crippen molar-refractivity contribution in [2.75, 3.05) is 5.23 Å². The zero-order chi connectivity index (χ0) is 27.7. The molecule has 0 radical (unpaired) electrons. The highest BCUT2D eigenvalue weighted by atomic mass is 35.5. The van der Waals surface area contributed by atoms with Crippen LogP contribution in [0.15, 0.2) is 82.7 Å². The maximum Gasteiger partial charge on any atom is 0.303 e. The number of nitrogens with zero attached hydrogens (tertiary/aromatic N) is 3. The average molecular weight is 546 g/mol. The van der Waals surface area contributed by atoms with E-state index < -0.39 is 29.9 Å². The van der Waals surface area contributed by atoms with Crippen molar-refractivity contribution in [1.82, 2.24) is 9.99 Å². The quantitative estimate of drug-likeness (QED) is 0.274. The number of hydrogen-bond donors (Lipinski definition) is 3. The van der Waals surface area contributed by atoms with E-state index in [-0.39, 0.29) is 29.3 Å². The number of aliphatic carboxylic acids is 1. The van der Waals surface area contributed by atoms with Gasteiger partial charge in [0.1, 0.15) is 0 Å². The molecule has 10 nitrogen and oxygen atoms in total. The lowest BCUT2D eigenvalue weighted by Crippen LogP contribution is -2.27. The topological polar surface area (TPSA) is 149 Å². The number of rotatable bonds is 7. The lowest BCUT2D eigenvalue weighted by atomic mass is 9.91. The molecule has 0 saturated heterocycles. The molecule has 0 spiro atoms. The monoisotopic (exact) mass is 545 g/mol. The van der Waals surface area contributed by atoms with Gasteiger partial charge in [0.25, 0.3) is 5.56 Å². The van der Waals surface area contributed by atoms with Crippen molar-refractivity contribution in [2.45, 2.75) is 25.3 Å². The molecule has 0 fully saturated rings. The van der Waals surface area contributed by atoms with Gasteiger partial charge in [0.2, 0.25) is 5.91 Å². The Kier molecular flexibility index (Phi) is 7.16. The van der Waals surface area contributed by atoms with Crippen molar-refractivity contribution in [3.05, 3.63) is 105 Å². The minimum absolute atomic E-state index is 0.0537. The molecule has 1 aromatic heterocycles. The van der Waals surface area contributed by atoms with Gasteiger partial charge in [0.05, 0.1) is 29.4 Å². The van der Waals surface area contributed by atoms with Crippen LogP contribution in [0.25, 0.3) is 22.0 Å². The number of carboxylic acid groups (broad SMARTS) is 1. The largest absolute Gasteiger partial charge is 0.733 e. The van der Waals surface area contributed by atoms with E-state index >= 15 is 0 Å². The second kappa shape index (κ2) is 10.7. The molecule has 0 bridgehead atoms. The van der Waals surface area contributed by atoms with Gasteiger partial charge in [-0.2, -0.15) is 5.10 Å². The summed E-state index contributed by atoms with van der Waals surface area (Å²) < 4.78 is 0. The number of amides is 1. The van der Waals surface area contributed by atoms with Crippen molar-refractivity contribution >= 4 is 45.8 Å². The number of benzene rings is 3. The number of nitrogens with one attached hydrogen (secondary N) is 1. The van der Waals surface area contributed by atoms with E-state index in [1.165, 1.54) is 12.1 Å². The normalized spacial score (nSPS) is 14.9. The number of aromatic nitrogens is 1. The van der Waals surface area contributed by atoms with Crippen molar-refractivity contribution in [2.24, 2.45) is 5.10 Å². The number of carbonyl (C=O) groups excluding carboxylic acids is 1. The maximum absolute atomic E-state index is 13.5. The number of carboxylic acids is 1. The molecule has 4 aromatic rings. The molecule has 3 N–H and O–H groups in total. The Morgan fingerprint density at radius 1 is 1.05 bits per heavy atom. The Morgan fingerprint density at radius 2 is 1.82 bits per heavy atom. The molecular weight excluding hydrogens is 524 g/mol. The third-order valence-corrected chi connectivity index (χ3v) is 6.76. The molecule has 0 unspecified atom stereocenters. The molecule has 2 heterocycles. The van der Waals surface area contributed by atoms with Crippen LogP contribution in [-0.2, 0) is 9.59 Å². The zero-order valence-corrected chi connectivity index (χ0v) is 21.1. The van der Waals surface area contributed by atoms with Gasteiger partial charge in [0, 0.05) is 34.3 Å². The summed E-state index contributed by atoms with van der Waals surface area (Å²) in [5.41, 5.74) is 2.46. The van der Waals surface area contributed by atoms with E-state index in [1.807, 2.05) is 30.3 Å². The average Bonchev–Trinajstić information content (AvgIpc) is 3.37. The van der Waals surface area contributed by atoms with Crippen molar-refractivity contribution in [3.8, 4) is 11.1 Å². The van der Waals surface area contributed by atoms with Crippen molar-refractivity contribution < 1.29 is 19.9 Å². The van der Waals surface area contributed by atoms with Gasteiger partial charge in [0.15, 0.2) is 0 Å². The summed E-state index contributed by atoms with van der Waals surface area (Å²) in [6, 6.07) is 19.6. The van der Waals surface area contributed by atoms with E-state index in [1.54, 1.807) is 30.3 Å². The summed E-state index contributed by atoms with van der Waals surface area (Å²) in [5, 5.41) is 36.6. The fraction of sp³-hybridized carbons (Fsp3) is 0.143. The first kappa shape index (κ1) is 26.1. The molecule has 1 atom stereocenters. The first-order valence-corrected chi connectivity index (χ1v) is 12.4. The summed E-state index contributed by atoms with van der Waals surface area (Å²) in [7, 11) is 0. The third-order valence-electron chi connectivity index (χ3n) is 6.52. The molecular formula is C28H22ClN4O6-. The van der Waals surface area contributed by atoms with E-state index in [2.05, 4.69) is 10.1 Å². The Hall–Kier alpha value is -4.51. The molecule has 1 aliphatic rings. The fourth-order valence-corrected chi connectivity index (χ4v) is 4.95. The van der Waals surface area contributed by atoms with E-state index in [9.17, 15) is 24.8 Å². The molecule has 198 valence electrons. The Balaban J connectivity index is 1.69. The third kappa shape index (κ3) is 5.26. The van der Waals surface area contributed by atoms with E-state index in [0.717, 1.165) is 10.6 Å². The lowest BCUT2D eigenvalue weighted by molar-refractivity contribution is -0.141. The number of hydrazone groups is 1. The predicted octanol–water partition coefficient (Wildman–Crippen LogP) is 5.08. The smallest absolute Gasteiger partial charge is 0.303 e. The fourth-order valence-electron chi connectivity index (χ4n) is 4.78. The van der Waals surface area contributed by atoms with Crippen LogP contribution in [0.1, 0.15) is 36.4 Å². The number of anilines is 1. The van der Waals surface area contributed by atoms with Gasteiger partial charge in [-0.25, -0.2) is 5.01 Å². The highest BCUT2D eigenvalue weighted by Gasteiger charge is 2.35. The van der Waals surface area contributed by atoms with E-state index in [4.69, 9.17) is 16.7 Å². The molecule has 1 amide bonds. The highest BCUT2D eigenvalue weighted by molar-refractivity contribution is 6.31. The zero-order valence-electron chi connectivity index (χ0n) is 20.4. The Morgan fingerprint density at radius 3 is 2.54 bits per heavy atom. The molecule has 0 aliphatic carbocycles. The van der Waals surface area contributed by atoms with E-state index in [0.29, 0.717) is 32.8 Å². The van der Waals surface area contributed by atoms with Crippen LogP contribution in [0, 0.1) is 5.21 Å². The van der Waals surface area contributed by atoms with Gasteiger partial charge in [-0.3, -0.25) is 19.6 Å². The van der Waals surface area contributed by atoms with Crippen molar-refractivity contribution in [1.29, 1.82) is 0 Å². The number of fused-ring (bicyclic) bond motifs is 1. The minimum Gasteiger partial charge on any atom is -0.733 e. The summed E-state index contributed by atoms with van der Waals surface area (Å²) in [6.07, 6.45) is -0.616. The lowest BCUT2D eigenvalue weighted by Gasteiger charge is -2.25. The van der Waals surface area contributed by atoms with Crippen LogP contribution in [-0.4, -0.2) is 37.9 Å². The second-order valence-electron chi connectivity index (χ2n) is 9.03. The van der Waals surface area contributed by atoms with Crippen molar-refractivity contribution in [3.63, 3.8) is 0 Å².